The van der Waals surface area contributed by atoms with Gasteiger partial charge >= 0.3 is 0 Å². The van der Waals surface area contributed by atoms with Crippen LogP contribution in [0.25, 0.3) is 5.69 Å². The van der Waals surface area contributed by atoms with Crippen molar-refractivity contribution in [1.29, 1.82) is 0 Å². The molecule has 1 amide bonds. The number of hydrogen-bond acceptors (Lipinski definition) is 2. The van der Waals surface area contributed by atoms with Gasteiger partial charge in [-0.1, -0.05) is 11.6 Å². The first-order chi connectivity index (χ1) is 11.0. The first-order valence-electron chi connectivity index (χ1n) is 6.61. The highest BCUT2D eigenvalue weighted by Crippen LogP contribution is 2.23. The Bertz CT molecular complexity index is 862. The largest absolute Gasteiger partial charge is 0.319 e. The second kappa shape index (κ2) is 6.18. The molecule has 116 valence electrons. The van der Waals surface area contributed by atoms with Crippen molar-refractivity contribution in [3.8, 4) is 5.69 Å². The number of nitrogens with zero attached hydrogens (tertiary/aromatic N) is 2. The number of benzene rings is 2. The summed E-state index contributed by atoms with van der Waals surface area (Å²) >= 11 is 5.86. The van der Waals surface area contributed by atoms with E-state index in [0.29, 0.717) is 5.69 Å². The standard InChI is InChI=1S/C16H10ClF2N3O/c17-13-9-11(19)3-6-14(13)20-16(23)15-7-8-22(21-15)12-4-1-10(18)2-5-12/h1-9H,(H,20,23). The summed E-state index contributed by atoms with van der Waals surface area (Å²) in [6.07, 6.45) is 1.58. The summed E-state index contributed by atoms with van der Waals surface area (Å²) in [7, 11) is 0. The van der Waals surface area contributed by atoms with E-state index in [-0.39, 0.29) is 22.2 Å². The van der Waals surface area contributed by atoms with E-state index in [4.69, 9.17) is 11.6 Å². The predicted molar refractivity (Wildman–Crippen MR) is 82.9 cm³/mol. The lowest BCUT2D eigenvalue weighted by Gasteiger charge is -2.05. The highest BCUT2D eigenvalue weighted by Gasteiger charge is 2.12. The summed E-state index contributed by atoms with van der Waals surface area (Å²) in [6, 6.07) is 10.9. The maximum absolute atomic E-state index is 13.0. The zero-order valence-electron chi connectivity index (χ0n) is 11.6. The van der Waals surface area contributed by atoms with Gasteiger partial charge in [0, 0.05) is 6.20 Å². The highest BCUT2D eigenvalue weighted by atomic mass is 35.5. The van der Waals surface area contributed by atoms with Gasteiger partial charge in [0.2, 0.25) is 0 Å². The highest BCUT2D eigenvalue weighted by molar-refractivity contribution is 6.33. The fourth-order valence-corrected chi connectivity index (χ4v) is 2.17. The van der Waals surface area contributed by atoms with Gasteiger partial charge in [0.05, 0.1) is 16.4 Å². The van der Waals surface area contributed by atoms with Crippen LogP contribution in [0.2, 0.25) is 5.02 Å². The van der Waals surface area contributed by atoms with Gasteiger partial charge in [-0.25, -0.2) is 13.5 Å². The lowest BCUT2D eigenvalue weighted by atomic mass is 10.3. The van der Waals surface area contributed by atoms with Crippen molar-refractivity contribution in [3.63, 3.8) is 0 Å². The SMILES string of the molecule is O=C(Nc1ccc(F)cc1Cl)c1ccn(-c2ccc(F)cc2)n1. The molecule has 23 heavy (non-hydrogen) atoms. The molecule has 0 radical (unpaired) electrons. The van der Waals surface area contributed by atoms with Gasteiger partial charge < -0.3 is 5.32 Å². The number of carbonyl (C=O) groups excluding carboxylic acids is 1. The van der Waals surface area contributed by atoms with Crippen LogP contribution in [0.4, 0.5) is 14.5 Å². The van der Waals surface area contributed by atoms with Crippen molar-refractivity contribution in [2.24, 2.45) is 0 Å². The van der Waals surface area contributed by atoms with Crippen LogP contribution in [0.15, 0.2) is 54.7 Å². The molecule has 0 aliphatic carbocycles. The van der Waals surface area contributed by atoms with Gasteiger partial charge in [0.15, 0.2) is 5.69 Å². The molecule has 1 aromatic heterocycles. The normalized spacial score (nSPS) is 10.6. The van der Waals surface area contributed by atoms with Crippen molar-refractivity contribution in [1.82, 2.24) is 9.78 Å². The van der Waals surface area contributed by atoms with Crippen molar-refractivity contribution < 1.29 is 13.6 Å². The van der Waals surface area contributed by atoms with Crippen LogP contribution in [0, 0.1) is 11.6 Å². The lowest BCUT2D eigenvalue weighted by Crippen LogP contribution is -2.13. The molecule has 3 rings (SSSR count). The molecule has 1 heterocycles. The van der Waals surface area contributed by atoms with Crippen molar-refractivity contribution >= 4 is 23.2 Å². The van der Waals surface area contributed by atoms with E-state index in [0.717, 1.165) is 6.07 Å². The van der Waals surface area contributed by atoms with Crippen molar-refractivity contribution in [2.45, 2.75) is 0 Å². The van der Waals surface area contributed by atoms with E-state index >= 15 is 0 Å². The van der Waals surface area contributed by atoms with Gasteiger partial charge in [-0.05, 0) is 48.5 Å². The molecule has 3 aromatic rings. The number of carbonyl (C=O) groups is 1. The molecular weight excluding hydrogens is 324 g/mol. The van der Waals surface area contributed by atoms with Gasteiger partial charge in [-0.2, -0.15) is 5.10 Å². The summed E-state index contributed by atoms with van der Waals surface area (Å²) in [5.41, 5.74) is 1.05. The molecule has 0 saturated carbocycles. The second-order valence-electron chi connectivity index (χ2n) is 4.70. The predicted octanol–water partition coefficient (Wildman–Crippen LogP) is 4.06. The summed E-state index contributed by atoms with van der Waals surface area (Å²) in [6.45, 7) is 0. The average Bonchev–Trinajstić information content (AvgIpc) is 3.01. The fraction of sp³-hybridized carbons (Fsp3) is 0. The summed E-state index contributed by atoms with van der Waals surface area (Å²) in [4.78, 5) is 12.2. The Morgan fingerprint density at radius 3 is 2.43 bits per heavy atom. The molecule has 0 saturated heterocycles. The zero-order valence-corrected chi connectivity index (χ0v) is 12.4. The average molecular weight is 334 g/mol. The monoisotopic (exact) mass is 333 g/mol. The van der Waals surface area contributed by atoms with Gasteiger partial charge in [0.1, 0.15) is 11.6 Å². The minimum absolute atomic E-state index is 0.0938. The zero-order chi connectivity index (χ0) is 16.4. The van der Waals surface area contributed by atoms with E-state index in [1.165, 1.54) is 35.0 Å². The number of aromatic nitrogens is 2. The van der Waals surface area contributed by atoms with Crippen LogP contribution < -0.4 is 5.32 Å². The molecule has 0 spiro atoms. The van der Waals surface area contributed by atoms with E-state index in [1.54, 1.807) is 18.3 Å². The molecule has 0 aliphatic heterocycles. The van der Waals surface area contributed by atoms with Gasteiger partial charge in [0.25, 0.3) is 5.91 Å². The smallest absolute Gasteiger partial charge is 0.276 e. The van der Waals surface area contributed by atoms with E-state index < -0.39 is 11.7 Å². The molecule has 0 aliphatic rings. The third-order valence-corrected chi connectivity index (χ3v) is 3.40. The minimum Gasteiger partial charge on any atom is -0.319 e. The van der Waals surface area contributed by atoms with Crippen LogP contribution in [0.5, 0.6) is 0 Å². The number of halogens is 3. The Kier molecular flexibility index (Phi) is 4.08. The Morgan fingerprint density at radius 2 is 1.74 bits per heavy atom. The number of amides is 1. The molecule has 2 aromatic carbocycles. The number of rotatable bonds is 3. The first-order valence-corrected chi connectivity index (χ1v) is 6.99. The third kappa shape index (κ3) is 3.37. The van der Waals surface area contributed by atoms with Crippen LogP contribution in [0.3, 0.4) is 0 Å². The Morgan fingerprint density at radius 1 is 1.04 bits per heavy atom. The second-order valence-corrected chi connectivity index (χ2v) is 5.11. The van der Waals surface area contributed by atoms with E-state index in [1.807, 2.05) is 0 Å². The summed E-state index contributed by atoms with van der Waals surface area (Å²) in [5.74, 6) is -1.34. The van der Waals surface area contributed by atoms with Crippen molar-refractivity contribution in [3.05, 3.63) is 77.1 Å². The molecule has 1 N–H and O–H groups in total. The summed E-state index contributed by atoms with van der Waals surface area (Å²) < 4.78 is 27.3. The van der Waals surface area contributed by atoms with Gasteiger partial charge in [-0.3, -0.25) is 4.79 Å². The number of hydrogen-bond donors (Lipinski definition) is 1. The van der Waals surface area contributed by atoms with Crippen LogP contribution in [0.1, 0.15) is 10.5 Å². The van der Waals surface area contributed by atoms with Crippen LogP contribution >= 0.6 is 11.6 Å². The minimum atomic E-state index is -0.492. The molecule has 4 nitrogen and oxygen atoms in total. The number of anilines is 1. The van der Waals surface area contributed by atoms with Crippen molar-refractivity contribution in [2.75, 3.05) is 5.32 Å². The maximum Gasteiger partial charge on any atom is 0.276 e. The molecular formula is C16H10ClF2N3O. The molecule has 7 heteroatoms. The topological polar surface area (TPSA) is 46.9 Å². The molecule has 0 atom stereocenters. The Hall–Kier alpha value is -2.73. The van der Waals surface area contributed by atoms with Crippen LogP contribution in [-0.4, -0.2) is 15.7 Å². The lowest BCUT2D eigenvalue weighted by molar-refractivity contribution is 0.102. The van der Waals surface area contributed by atoms with E-state index in [2.05, 4.69) is 10.4 Å². The molecule has 0 fully saturated rings. The van der Waals surface area contributed by atoms with Crippen LogP contribution in [-0.2, 0) is 0 Å². The summed E-state index contributed by atoms with van der Waals surface area (Å²) in [5, 5.41) is 6.77. The molecule has 0 unspecified atom stereocenters. The quantitative estimate of drug-likeness (QED) is 0.785. The number of nitrogens with one attached hydrogen (secondary N) is 1. The third-order valence-electron chi connectivity index (χ3n) is 3.09. The van der Waals surface area contributed by atoms with Gasteiger partial charge in [-0.15, -0.1) is 0 Å². The maximum atomic E-state index is 13.0. The Labute approximate surface area is 135 Å². The first kappa shape index (κ1) is 15.2. The van der Waals surface area contributed by atoms with E-state index in [9.17, 15) is 13.6 Å². The fourth-order valence-electron chi connectivity index (χ4n) is 1.96. The molecule has 0 bridgehead atoms. The Balaban J connectivity index is 1.79.